The number of fused-ring (bicyclic) bond motifs is 6. The van der Waals surface area contributed by atoms with Crippen molar-refractivity contribution in [2.45, 2.75) is 18.3 Å². The molecule has 0 amide bonds. The van der Waals surface area contributed by atoms with Crippen LogP contribution in [-0.2, 0) is 10.2 Å². The second-order valence-corrected chi connectivity index (χ2v) is 6.82. The smallest absolute Gasteiger partial charge is 0.195 e. The molecule has 1 aromatic heterocycles. The average Bonchev–Trinajstić information content (AvgIpc) is 3.06. The van der Waals surface area contributed by atoms with E-state index >= 15 is 0 Å². The summed E-state index contributed by atoms with van der Waals surface area (Å²) in [4.78, 5) is 16.7. The molecule has 2 heterocycles. The zero-order valence-electron chi connectivity index (χ0n) is 13.6. The lowest BCUT2D eigenvalue weighted by atomic mass is 9.65. The van der Waals surface area contributed by atoms with Crippen LogP contribution >= 0.6 is 0 Å². The Labute approximate surface area is 145 Å². The molecule has 1 aliphatic heterocycles. The lowest BCUT2D eigenvalue weighted by Crippen LogP contribution is -2.40. The number of ether oxygens (including phenoxy) is 1. The van der Waals surface area contributed by atoms with E-state index in [9.17, 15) is 10.1 Å². The van der Waals surface area contributed by atoms with Crippen LogP contribution in [0.25, 0.3) is 10.9 Å². The number of hydrogen-bond donors (Lipinski definition) is 1. The molecule has 2 aliphatic rings. The number of H-pyrrole nitrogens is 1. The van der Waals surface area contributed by atoms with Gasteiger partial charge in [0.05, 0.1) is 17.2 Å². The van der Waals surface area contributed by atoms with Gasteiger partial charge >= 0.3 is 0 Å². The summed E-state index contributed by atoms with van der Waals surface area (Å²) in [5, 5.41) is 10.1. The van der Waals surface area contributed by atoms with E-state index < -0.39 is 0 Å². The summed E-state index contributed by atoms with van der Waals surface area (Å²) >= 11 is 0. The van der Waals surface area contributed by atoms with Crippen LogP contribution in [0.3, 0.4) is 0 Å². The third kappa shape index (κ3) is 1.82. The van der Waals surface area contributed by atoms with Gasteiger partial charge in [-0.05, 0) is 30.5 Å². The number of ketones is 1. The summed E-state index contributed by atoms with van der Waals surface area (Å²) in [7, 11) is 0. The first-order valence-corrected chi connectivity index (χ1v) is 8.53. The number of rotatable bonds is 0. The lowest BCUT2D eigenvalue weighted by Gasteiger charge is -2.41. The van der Waals surface area contributed by atoms with Crippen molar-refractivity contribution in [2.24, 2.45) is 0 Å². The van der Waals surface area contributed by atoms with Gasteiger partial charge in [-0.1, -0.05) is 30.3 Å². The Morgan fingerprint density at radius 3 is 2.72 bits per heavy atom. The predicted octanol–water partition coefficient (Wildman–Crippen LogP) is 3.68. The molecule has 1 saturated heterocycles. The Balaban J connectivity index is 1.87. The van der Waals surface area contributed by atoms with Gasteiger partial charge in [0.15, 0.2) is 5.78 Å². The van der Waals surface area contributed by atoms with Crippen LogP contribution in [-0.4, -0.2) is 24.0 Å². The fraction of sp³-hybridized carbons (Fsp3) is 0.238. The van der Waals surface area contributed by atoms with Gasteiger partial charge in [-0.3, -0.25) is 4.79 Å². The van der Waals surface area contributed by atoms with Gasteiger partial charge in [0.25, 0.3) is 0 Å². The number of benzene rings is 2. The Morgan fingerprint density at radius 1 is 1.12 bits per heavy atom. The maximum Gasteiger partial charge on any atom is 0.195 e. The zero-order valence-corrected chi connectivity index (χ0v) is 13.6. The standard InChI is InChI=1S/C21H16N2O2/c22-12-13-5-6-15-17(11-13)23-20-18(15)19(24)14-3-1-2-4-16(14)21(20)7-9-25-10-8-21/h1-6,11,23H,7-10H2. The number of carbonyl (C=O) groups is 1. The predicted molar refractivity (Wildman–Crippen MR) is 93.7 cm³/mol. The van der Waals surface area contributed by atoms with E-state index in [1.54, 1.807) is 6.07 Å². The number of aromatic amines is 1. The molecule has 1 aliphatic carbocycles. The highest BCUT2D eigenvalue weighted by Crippen LogP contribution is 2.49. The number of carbonyl (C=O) groups excluding carboxylic acids is 1. The van der Waals surface area contributed by atoms with E-state index in [0.29, 0.717) is 18.8 Å². The summed E-state index contributed by atoms with van der Waals surface area (Å²) in [6, 6.07) is 15.6. The molecule has 0 bridgehead atoms. The summed E-state index contributed by atoms with van der Waals surface area (Å²) < 4.78 is 5.62. The lowest BCUT2D eigenvalue weighted by molar-refractivity contribution is 0.0602. The minimum atomic E-state index is -0.218. The molecule has 4 heteroatoms. The fourth-order valence-electron chi connectivity index (χ4n) is 4.47. The van der Waals surface area contributed by atoms with E-state index in [1.165, 1.54) is 0 Å². The zero-order chi connectivity index (χ0) is 17.0. The fourth-order valence-corrected chi connectivity index (χ4v) is 4.47. The van der Waals surface area contributed by atoms with Gasteiger partial charge in [-0.25, -0.2) is 0 Å². The molecule has 3 aromatic rings. The molecule has 0 unspecified atom stereocenters. The monoisotopic (exact) mass is 328 g/mol. The van der Waals surface area contributed by atoms with Gasteiger partial charge in [0.1, 0.15) is 0 Å². The Morgan fingerprint density at radius 2 is 1.92 bits per heavy atom. The van der Waals surface area contributed by atoms with Gasteiger partial charge in [0, 0.05) is 40.8 Å². The molecule has 1 N–H and O–H groups in total. The van der Waals surface area contributed by atoms with Crippen molar-refractivity contribution in [3.05, 3.63) is 70.4 Å². The van der Waals surface area contributed by atoms with Gasteiger partial charge in [-0.15, -0.1) is 0 Å². The third-order valence-corrected chi connectivity index (χ3v) is 5.67. The second-order valence-electron chi connectivity index (χ2n) is 6.82. The molecule has 2 aromatic carbocycles. The quantitative estimate of drug-likeness (QED) is 0.684. The van der Waals surface area contributed by atoms with Gasteiger partial charge in [-0.2, -0.15) is 5.26 Å². The number of nitriles is 1. The Hall–Kier alpha value is -2.90. The van der Waals surface area contributed by atoms with Gasteiger partial charge in [0.2, 0.25) is 0 Å². The van der Waals surface area contributed by atoms with Crippen molar-refractivity contribution in [3.8, 4) is 6.07 Å². The van der Waals surface area contributed by atoms with Crippen molar-refractivity contribution in [1.29, 1.82) is 5.26 Å². The number of nitrogens with one attached hydrogen (secondary N) is 1. The van der Waals surface area contributed by atoms with Crippen LogP contribution in [0.4, 0.5) is 0 Å². The molecule has 0 atom stereocenters. The van der Waals surface area contributed by atoms with Gasteiger partial charge < -0.3 is 9.72 Å². The van der Waals surface area contributed by atoms with E-state index in [-0.39, 0.29) is 11.2 Å². The van der Waals surface area contributed by atoms with Crippen molar-refractivity contribution >= 4 is 16.7 Å². The molecular formula is C21H16N2O2. The normalized spacial score (nSPS) is 18.0. The number of hydrogen-bond acceptors (Lipinski definition) is 3. The summed E-state index contributed by atoms with van der Waals surface area (Å²) in [6.45, 7) is 1.36. The van der Waals surface area contributed by atoms with Crippen molar-refractivity contribution < 1.29 is 9.53 Å². The number of nitrogens with zero attached hydrogens (tertiary/aromatic N) is 1. The summed E-state index contributed by atoms with van der Waals surface area (Å²) in [5.74, 6) is 0.0682. The second kappa shape index (κ2) is 5.05. The van der Waals surface area contributed by atoms with Crippen LogP contribution in [0.15, 0.2) is 42.5 Å². The molecule has 1 fully saturated rings. The first-order chi connectivity index (χ1) is 12.2. The molecule has 4 nitrogen and oxygen atoms in total. The first-order valence-electron chi connectivity index (χ1n) is 8.53. The molecular weight excluding hydrogens is 312 g/mol. The molecule has 0 radical (unpaired) electrons. The Kier molecular flexibility index (Phi) is 2.92. The first kappa shape index (κ1) is 14.4. The van der Waals surface area contributed by atoms with Crippen molar-refractivity contribution in [1.82, 2.24) is 4.98 Å². The van der Waals surface area contributed by atoms with Crippen molar-refractivity contribution in [2.75, 3.05) is 13.2 Å². The minimum absolute atomic E-state index is 0.0682. The highest BCUT2D eigenvalue weighted by molar-refractivity contribution is 6.20. The molecule has 1 spiro atoms. The minimum Gasteiger partial charge on any atom is -0.381 e. The maximum atomic E-state index is 13.2. The van der Waals surface area contributed by atoms with Crippen LogP contribution in [0.1, 0.15) is 45.6 Å². The largest absolute Gasteiger partial charge is 0.381 e. The SMILES string of the molecule is N#Cc1ccc2c3c([nH]c2c1)C1(CCOCC1)c1ccccc1C3=O. The average molecular weight is 328 g/mol. The summed E-state index contributed by atoms with van der Waals surface area (Å²) in [6.07, 6.45) is 1.70. The van der Waals surface area contributed by atoms with Crippen molar-refractivity contribution in [3.63, 3.8) is 0 Å². The third-order valence-electron chi connectivity index (χ3n) is 5.67. The van der Waals surface area contributed by atoms with E-state index in [4.69, 9.17) is 4.74 Å². The van der Waals surface area contributed by atoms with Crippen LogP contribution in [0.2, 0.25) is 0 Å². The summed E-state index contributed by atoms with van der Waals surface area (Å²) in [5.41, 5.74) is 4.88. The number of aromatic nitrogens is 1. The van der Waals surface area contributed by atoms with E-state index in [1.807, 2.05) is 30.3 Å². The molecule has 25 heavy (non-hydrogen) atoms. The van der Waals surface area contributed by atoms with E-state index in [2.05, 4.69) is 17.1 Å². The highest BCUT2D eigenvalue weighted by Gasteiger charge is 2.46. The maximum absolute atomic E-state index is 13.2. The molecule has 122 valence electrons. The van der Waals surface area contributed by atoms with E-state index in [0.717, 1.165) is 46.1 Å². The Bertz CT molecular complexity index is 1070. The highest BCUT2D eigenvalue weighted by atomic mass is 16.5. The molecule has 5 rings (SSSR count). The van der Waals surface area contributed by atoms with Crippen LogP contribution in [0.5, 0.6) is 0 Å². The molecule has 0 saturated carbocycles. The van der Waals surface area contributed by atoms with Crippen LogP contribution < -0.4 is 0 Å². The topological polar surface area (TPSA) is 65.9 Å². The van der Waals surface area contributed by atoms with Crippen LogP contribution in [0, 0.1) is 11.3 Å².